The molecular weight excluding hydrogens is 450 g/mol. The van der Waals surface area contributed by atoms with E-state index >= 15 is 0 Å². The molecule has 0 N–H and O–H groups in total. The van der Waals surface area contributed by atoms with Crippen molar-refractivity contribution in [3.63, 3.8) is 0 Å². The minimum absolute atomic E-state index is 0.149. The van der Waals surface area contributed by atoms with E-state index in [1.165, 1.54) is 0 Å². The maximum absolute atomic E-state index is 13.6. The van der Waals surface area contributed by atoms with E-state index in [4.69, 9.17) is 21.3 Å². The number of aryl methyl sites for hydroxylation is 2. The van der Waals surface area contributed by atoms with Crippen molar-refractivity contribution in [3.05, 3.63) is 99.1 Å². The monoisotopic (exact) mass is 475 g/mol. The minimum Gasteiger partial charge on any atom is -0.484 e. The number of para-hydroxylation sites is 1. The van der Waals surface area contributed by atoms with E-state index in [9.17, 15) is 9.59 Å². The molecule has 1 unspecified atom stereocenters. The van der Waals surface area contributed by atoms with E-state index in [2.05, 4.69) is 0 Å². The second kappa shape index (κ2) is 9.69. The summed E-state index contributed by atoms with van der Waals surface area (Å²) in [5.74, 6) is 0.796. The molecule has 7 heteroatoms. The van der Waals surface area contributed by atoms with E-state index in [-0.39, 0.29) is 18.1 Å². The van der Waals surface area contributed by atoms with Crippen molar-refractivity contribution in [2.75, 3.05) is 13.7 Å². The quantitative estimate of drug-likeness (QED) is 0.382. The zero-order valence-corrected chi connectivity index (χ0v) is 20.3. The fraction of sp³-hybridized carbons (Fsp3) is 0.222. The van der Waals surface area contributed by atoms with Gasteiger partial charge in [-0.1, -0.05) is 41.4 Å². The van der Waals surface area contributed by atoms with Gasteiger partial charge in [-0.05, 0) is 68.8 Å². The number of rotatable bonds is 6. The molecule has 0 aliphatic rings. The highest BCUT2D eigenvalue weighted by atomic mass is 35.5. The van der Waals surface area contributed by atoms with Gasteiger partial charge < -0.3 is 9.64 Å². The maximum Gasteiger partial charge on any atom is 0.266 e. The largest absolute Gasteiger partial charge is 0.484 e. The Morgan fingerprint density at radius 1 is 1.09 bits per heavy atom. The summed E-state index contributed by atoms with van der Waals surface area (Å²) in [4.78, 5) is 32.9. The van der Waals surface area contributed by atoms with Crippen LogP contribution in [0.15, 0.2) is 71.5 Å². The number of likely N-dealkylation sites (N-methyl/N-ethyl adjacent to an activating group) is 1. The second-order valence-electron chi connectivity index (χ2n) is 8.34. The molecule has 4 rings (SSSR count). The molecule has 34 heavy (non-hydrogen) atoms. The molecule has 0 fully saturated rings. The van der Waals surface area contributed by atoms with E-state index < -0.39 is 6.04 Å². The van der Waals surface area contributed by atoms with Gasteiger partial charge in [0.1, 0.15) is 11.6 Å². The molecule has 0 radical (unpaired) electrons. The van der Waals surface area contributed by atoms with Gasteiger partial charge in [-0.3, -0.25) is 14.2 Å². The van der Waals surface area contributed by atoms with Gasteiger partial charge in [0.25, 0.3) is 11.5 Å². The molecule has 0 bridgehead atoms. The van der Waals surface area contributed by atoms with Crippen LogP contribution >= 0.6 is 11.6 Å². The number of hydrogen-bond acceptors (Lipinski definition) is 4. The van der Waals surface area contributed by atoms with E-state index in [0.717, 1.165) is 16.8 Å². The standard InChI is InChI=1S/C27H26ClN3O3/c1-17-9-14-24(18(2)15-17)31-26(29-23-8-6-5-7-22(23)27(31)33)19(3)30(4)25(32)16-34-21-12-10-20(28)11-13-21/h5-15,19H,16H2,1-4H3. The van der Waals surface area contributed by atoms with Gasteiger partial charge in [0.2, 0.25) is 0 Å². The minimum atomic E-state index is -0.487. The molecule has 6 nitrogen and oxygen atoms in total. The highest BCUT2D eigenvalue weighted by Crippen LogP contribution is 2.24. The van der Waals surface area contributed by atoms with Crippen molar-refractivity contribution >= 4 is 28.4 Å². The molecule has 1 aromatic heterocycles. The zero-order chi connectivity index (χ0) is 24.4. The summed E-state index contributed by atoms with van der Waals surface area (Å²) in [6.07, 6.45) is 0. The first-order valence-corrected chi connectivity index (χ1v) is 11.4. The first-order chi connectivity index (χ1) is 16.3. The number of carbonyl (C=O) groups excluding carboxylic acids is 1. The van der Waals surface area contributed by atoms with Crippen LogP contribution in [0.3, 0.4) is 0 Å². The smallest absolute Gasteiger partial charge is 0.266 e. The molecule has 0 spiro atoms. The summed E-state index contributed by atoms with van der Waals surface area (Å²) < 4.78 is 7.25. The van der Waals surface area contributed by atoms with Gasteiger partial charge in [0, 0.05) is 12.1 Å². The predicted molar refractivity (Wildman–Crippen MR) is 135 cm³/mol. The van der Waals surface area contributed by atoms with Crippen molar-refractivity contribution in [1.82, 2.24) is 14.5 Å². The predicted octanol–water partition coefficient (Wildman–Crippen LogP) is 5.25. The summed E-state index contributed by atoms with van der Waals surface area (Å²) in [6.45, 7) is 5.68. The lowest BCUT2D eigenvalue weighted by Gasteiger charge is -2.27. The molecule has 0 saturated heterocycles. The lowest BCUT2D eigenvalue weighted by molar-refractivity contribution is -0.134. The third kappa shape index (κ3) is 4.68. The third-order valence-corrected chi connectivity index (χ3v) is 6.17. The normalized spacial score (nSPS) is 11.9. The van der Waals surface area contributed by atoms with Crippen LogP contribution in [-0.2, 0) is 4.79 Å². The van der Waals surface area contributed by atoms with Gasteiger partial charge in [0.05, 0.1) is 22.6 Å². The van der Waals surface area contributed by atoms with Crippen LogP contribution in [0.1, 0.15) is 29.9 Å². The Hall–Kier alpha value is -3.64. The number of halogens is 1. The molecule has 0 saturated carbocycles. The summed E-state index contributed by atoms with van der Waals surface area (Å²) in [5, 5.41) is 1.12. The number of ether oxygens (including phenoxy) is 1. The maximum atomic E-state index is 13.6. The molecular formula is C27H26ClN3O3. The van der Waals surface area contributed by atoms with Crippen molar-refractivity contribution < 1.29 is 9.53 Å². The van der Waals surface area contributed by atoms with Gasteiger partial charge in [-0.15, -0.1) is 0 Å². The number of fused-ring (bicyclic) bond motifs is 1. The summed E-state index contributed by atoms with van der Waals surface area (Å²) in [6, 6.07) is 19.5. The highest BCUT2D eigenvalue weighted by molar-refractivity contribution is 6.30. The molecule has 3 aromatic carbocycles. The lowest BCUT2D eigenvalue weighted by atomic mass is 10.1. The van der Waals surface area contributed by atoms with E-state index in [1.807, 2.05) is 57.2 Å². The summed E-state index contributed by atoms with van der Waals surface area (Å²) in [7, 11) is 1.69. The number of carbonyl (C=O) groups is 1. The topological polar surface area (TPSA) is 64.4 Å². The average molecular weight is 476 g/mol. The molecule has 1 atom stereocenters. The van der Waals surface area contributed by atoms with Crippen molar-refractivity contribution in [2.24, 2.45) is 0 Å². The Morgan fingerprint density at radius 2 is 1.79 bits per heavy atom. The van der Waals surface area contributed by atoms with Crippen LogP contribution in [-0.4, -0.2) is 34.0 Å². The number of nitrogens with zero attached hydrogens (tertiary/aromatic N) is 3. The van der Waals surface area contributed by atoms with Crippen LogP contribution in [0.5, 0.6) is 5.75 Å². The van der Waals surface area contributed by atoms with Crippen molar-refractivity contribution in [1.29, 1.82) is 0 Å². The van der Waals surface area contributed by atoms with E-state index in [0.29, 0.717) is 27.5 Å². The molecule has 1 amide bonds. The molecule has 174 valence electrons. The van der Waals surface area contributed by atoms with E-state index in [1.54, 1.807) is 46.8 Å². The van der Waals surface area contributed by atoms with Crippen LogP contribution in [0, 0.1) is 13.8 Å². The molecule has 0 aliphatic heterocycles. The third-order valence-electron chi connectivity index (χ3n) is 5.92. The van der Waals surface area contributed by atoms with Crippen LogP contribution in [0.2, 0.25) is 5.02 Å². The Bertz CT molecular complexity index is 1410. The fourth-order valence-electron chi connectivity index (χ4n) is 3.89. The van der Waals surface area contributed by atoms with Gasteiger partial charge in [0.15, 0.2) is 6.61 Å². The van der Waals surface area contributed by atoms with Gasteiger partial charge in [-0.25, -0.2) is 4.98 Å². The number of aromatic nitrogens is 2. The van der Waals surface area contributed by atoms with Gasteiger partial charge in [-0.2, -0.15) is 0 Å². The Balaban J connectivity index is 1.72. The van der Waals surface area contributed by atoms with Crippen LogP contribution in [0.4, 0.5) is 0 Å². The van der Waals surface area contributed by atoms with Crippen LogP contribution < -0.4 is 10.3 Å². The summed E-state index contributed by atoms with van der Waals surface area (Å²) >= 11 is 5.91. The first kappa shape index (κ1) is 23.5. The summed E-state index contributed by atoms with van der Waals surface area (Å²) in [5.41, 5.74) is 3.22. The van der Waals surface area contributed by atoms with Crippen LogP contribution in [0.25, 0.3) is 16.6 Å². The average Bonchev–Trinajstić information content (AvgIpc) is 2.83. The fourth-order valence-corrected chi connectivity index (χ4v) is 4.01. The lowest BCUT2D eigenvalue weighted by Crippen LogP contribution is -2.37. The molecule has 0 aliphatic carbocycles. The Morgan fingerprint density at radius 3 is 2.50 bits per heavy atom. The zero-order valence-electron chi connectivity index (χ0n) is 19.6. The number of amides is 1. The van der Waals surface area contributed by atoms with Crippen molar-refractivity contribution in [2.45, 2.75) is 26.8 Å². The first-order valence-electron chi connectivity index (χ1n) is 11.0. The van der Waals surface area contributed by atoms with Gasteiger partial charge >= 0.3 is 0 Å². The van der Waals surface area contributed by atoms with Crippen molar-refractivity contribution in [3.8, 4) is 11.4 Å². The Kier molecular flexibility index (Phi) is 6.70. The number of benzene rings is 3. The molecule has 4 aromatic rings. The number of hydrogen-bond donors (Lipinski definition) is 0. The SMILES string of the molecule is Cc1ccc(-n2c(C(C)N(C)C(=O)COc3ccc(Cl)cc3)nc3ccccc3c2=O)c(C)c1. The molecule has 1 heterocycles. The Labute approximate surface area is 203 Å². The second-order valence-corrected chi connectivity index (χ2v) is 8.78. The highest BCUT2D eigenvalue weighted by Gasteiger charge is 2.25.